The second-order valence-corrected chi connectivity index (χ2v) is 4.73. The van der Waals surface area contributed by atoms with Crippen LogP contribution in [0.3, 0.4) is 0 Å². The number of methoxy groups -OCH3 is 1. The lowest BCUT2D eigenvalue weighted by atomic mass is 10.1. The van der Waals surface area contributed by atoms with E-state index in [1.54, 1.807) is 43.5 Å². The van der Waals surface area contributed by atoms with E-state index in [0.29, 0.717) is 22.1 Å². The molecule has 0 radical (unpaired) electrons. The third kappa shape index (κ3) is 3.03. The molecule has 0 aliphatic rings. The standard InChI is InChI=1S/C15H14ClNO3/c1-9-3-5-11(15(18)19)13(7-9)17-14-8-10(20-2)4-6-12(14)16/h3-8,17H,1-2H3,(H,18,19). The molecule has 0 saturated heterocycles. The van der Waals surface area contributed by atoms with E-state index in [-0.39, 0.29) is 5.56 Å². The van der Waals surface area contributed by atoms with Crippen LogP contribution in [0.1, 0.15) is 15.9 Å². The molecule has 0 aromatic heterocycles. The maximum absolute atomic E-state index is 11.2. The largest absolute Gasteiger partial charge is 0.497 e. The topological polar surface area (TPSA) is 58.6 Å². The highest BCUT2D eigenvalue weighted by molar-refractivity contribution is 6.33. The van der Waals surface area contributed by atoms with Gasteiger partial charge in [-0.25, -0.2) is 4.79 Å². The van der Waals surface area contributed by atoms with Gasteiger partial charge >= 0.3 is 5.97 Å². The molecule has 0 atom stereocenters. The van der Waals surface area contributed by atoms with Crippen LogP contribution in [0.4, 0.5) is 11.4 Å². The summed E-state index contributed by atoms with van der Waals surface area (Å²) >= 11 is 6.11. The Morgan fingerprint density at radius 3 is 2.60 bits per heavy atom. The molecule has 0 aliphatic carbocycles. The predicted molar refractivity (Wildman–Crippen MR) is 79.4 cm³/mol. The minimum absolute atomic E-state index is 0.189. The van der Waals surface area contributed by atoms with Crippen molar-refractivity contribution in [2.24, 2.45) is 0 Å². The van der Waals surface area contributed by atoms with E-state index >= 15 is 0 Å². The fraction of sp³-hybridized carbons (Fsp3) is 0.133. The number of ether oxygens (including phenoxy) is 1. The number of halogens is 1. The van der Waals surface area contributed by atoms with Crippen LogP contribution in [0.2, 0.25) is 5.02 Å². The molecule has 20 heavy (non-hydrogen) atoms. The first-order valence-electron chi connectivity index (χ1n) is 5.96. The van der Waals surface area contributed by atoms with E-state index in [4.69, 9.17) is 16.3 Å². The van der Waals surface area contributed by atoms with Crippen molar-refractivity contribution in [1.82, 2.24) is 0 Å². The van der Waals surface area contributed by atoms with Crippen LogP contribution in [0.25, 0.3) is 0 Å². The highest BCUT2D eigenvalue weighted by Crippen LogP contribution is 2.31. The van der Waals surface area contributed by atoms with E-state index in [2.05, 4.69) is 5.32 Å². The summed E-state index contributed by atoms with van der Waals surface area (Å²) in [5, 5.41) is 12.7. The third-order valence-corrected chi connectivity index (χ3v) is 3.18. The van der Waals surface area contributed by atoms with Crippen molar-refractivity contribution in [1.29, 1.82) is 0 Å². The van der Waals surface area contributed by atoms with Gasteiger partial charge in [-0.3, -0.25) is 0 Å². The van der Waals surface area contributed by atoms with Crippen molar-refractivity contribution < 1.29 is 14.6 Å². The predicted octanol–water partition coefficient (Wildman–Crippen LogP) is 4.10. The van der Waals surface area contributed by atoms with Gasteiger partial charge < -0.3 is 15.2 Å². The van der Waals surface area contributed by atoms with Crippen molar-refractivity contribution >= 4 is 28.9 Å². The molecule has 0 spiro atoms. The van der Waals surface area contributed by atoms with Gasteiger partial charge in [-0.2, -0.15) is 0 Å². The first-order chi connectivity index (χ1) is 9.51. The lowest BCUT2D eigenvalue weighted by Gasteiger charge is -2.13. The Bertz CT molecular complexity index is 656. The number of aryl methyl sites for hydroxylation is 1. The maximum atomic E-state index is 11.2. The Kier molecular flexibility index (Phi) is 4.15. The van der Waals surface area contributed by atoms with Crippen molar-refractivity contribution in [2.45, 2.75) is 6.92 Å². The third-order valence-electron chi connectivity index (χ3n) is 2.85. The monoisotopic (exact) mass is 291 g/mol. The van der Waals surface area contributed by atoms with Crippen LogP contribution < -0.4 is 10.1 Å². The fourth-order valence-corrected chi connectivity index (χ4v) is 1.99. The van der Waals surface area contributed by atoms with Crippen molar-refractivity contribution in [3.63, 3.8) is 0 Å². The second kappa shape index (κ2) is 5.84. The van der Waals surface area contributed by atoms with E-state index in [1.807, 2.05) is 6.92 Å². The van der Waals surface area contributed by atoms with Gasteiger partial charge in [0.1, 0.15) is 5.75 Å². The molecule has 2 aromatic rings. The van der Waals surface area contributed by atoms with Gasteiger partial charge in [0.25, 0.3) is 0 Å². The van der Waals surface area contributed by atoms with Crippen molar-refractivity contribution in [3.8, 4) is 5.75 Å². The normalized spacial score (nSPS) is 10.2. The minimum Gasteiger partial charge on any atom is -0.497 e. The van der Waals surface area contributed by atoms with Crippen LogP contribution in [0.5, 0.6) is 5.75 Å². The lowest BCUT2D eigenvalue weighted by Crippen LogP contribution is -2.03. The Balaban J connectivity index is 2.43. The number of hydrogen-bond acceptors (Lipinski definition) is 3. The van der Waals surface area contributed by atoms with E-state index < -0.39 is 5.97 Å². The Hall–Kier alpha value is -2.20. The molecule has 2 rings (SSSR count). The summed E-state index contributed by atoms with van der Waals surface area (Å²) in [7, 11) is 1.56. The summed E-state index contributed by atoms with van der Waals surface area (Å²) in [4.78, 5) is 11.2. The SMILES string of the molecule is COc1ccc(Cl)c(Nc2cc(C)ccc2C(=O)O)c1. The first kappa shape index (κ1) is 14.2. The molecule has 0 aliphatic heterocycles. The average Bonchev–Trinajstić information content (AvgIpc) is 2.41. The number of anilines is 2. The zero-order valence-corrected chi connectivity index (χ0v) is 11.9. The summed E-state index contributed by atoms with van der Waals surface area (Å²) in [6.45, 7) is 1.89. The van der Waals surface area contributed by atoms with E-state index in [0.717, 1.165) is 5.56 Å². The number of nitrogens with one attached hydrogen (secondary N) is 1. The number of hydrogen-bond donors (Lipinski definition) is 2. The van der Waals surface area contributed by atoms with Crippen LogP contribution in [0.15, 0.2) is 36.4 Å². The smallest absolute Gasteiger partial charge is 0.337 e. The molecule has 4 nitrogen and oxygen atoms in total. The number of aromatic carboxylic acids is 1. The lowest BCUT2D eigenvalue weighted by molar-refractivity contribution is 0.0698. The van der Waals surface area contributed by atoms with Crippen LogP contribution >= 0.6 is 11.6 Å². The molecule has 0 fully saturated rings. The van der Waals surface area contributed by atoms with Gasteiger partial charge in [0.15, 0.2) is 0 Å². The molecule has 5 heteroatoms. The summed E-state index contributed by atoms with van der Waals surface area (Å²) in [5.41, 5.74) is 2.23. The Labute approximate surface area is 122 Å². The molecular formula is C15H14ClNO3. The highest BCUT2D eigenvalue weighted by atomic mass is 35.5. The Morgan fingerprint density at radius 2 is 1.95 bits per heavy atom. The summed E-state index contributed by atoms with van der Waals surface area (Å²) in [5.74, 6) is -0.354. The molecule has 2 aromatic carbocycles. The molecule has 0 unspecified atom stereocenters. The van der Waals surface area contributed by atoms with Crippen molar-refractivity contribution in [2.75, 3.05) is 12.4 Å². The van der Waals surface area contributed by atoms with Gasteiger partial charge in [0.05, 0.1) is 29.1 Å². The summed E-state index contributed by atoms with van der Waals surface area (Å²) in [6.07, 6.45) is 0. The zero-order valence-electron chi connectivity index (χ0n) is 11.1. The van der Waals surface area contributed by atoms with Gasteiger partial charge in [0, 0.05) is 6.07 Å². The molecule has 2 N–H and O–H groups in total. The molecule has 0 amide bonds. The van der Waals surface area contributed by atoms with Gasteiger partial charge in [-0.15, -0.1) is 0 Å². The van der Waals surface area contributed by atoms with Gasteiger partial charge in [0.2, 0.25) is 0 Å². The first-order valence-corrected chi connectivity index (χ1v) is 6.33. The zero-order chi connectivity index (χ0) is 14.7. The molecule has 0 saturated carbocycles. The number of benzene rings is 2. The molecule has 104 valence electrons. The molecule has 0 bridgehead atoms. The number of carbonyl (C=O) groups is 1. The van der Waals surface area contributed by atoms with Crippen molar-refractivity contribution in [3.05, 3.63) is 52.5 Å². The summed E-state index contributed by atoms with van der Waals surface area (Å²) < 4.78 is 5.13. The molecule has 0 heterocycles. The maximum Gasteiger partial charge on any atom is 0.337 e. The van der Waals surface area contributed by atoms with E-state index in [9.17, 15) is 9.90 Å². The second-order valence-electron chi connectivity index (χ2n) is 4.32. The minimum atomic E-state index is -0.994. The molecular weight excluding hydrogens is 278 g/mol. The van der Waals surface area contributed by atoms with Crippen LogP contribution in [0, 0.1) is 6.92 Å². The number of rotatable bonds is 4. The number of carboxylic acids is 1. The fourth-order valence-electron chi connectivity index (χ4n) is 1.82. The Morgan fingerprint density at radius 1 is 1.20 bits per heavy atom. The van der Waals surface area contributed by atoms with Crippen LogP contribution in [-0.4, -0.2) is 18.2 Å². The van der Waals surface area contributed by atoms with Gasteiger partial charge in [-0.05, 0) is 36.8 Å². The number of carboxylic acid groups (broad SMARTS) is 1. The van der Waals surface area contributed by atoms with Gasteiger partial charge in [-0.1, -0.05) is 17.7 Å². The highest BCUT2D eigenvalue weighted by Gasteiger charge is 2.12. The van der Waals surface area contributed by atoms with Crippen LogP contribution in [-0.2, 0) is 0 Å². The average molecular weight is 292 g/mol. The van der Waals surface area contributed by atoms with E-state index in [1.165, 1.54) is 0 Å². The quantitative estimate of drug-likeness (QED) is 0.890. The summed E-state index contributed by atoms with van der Waals surface area (Å²) in [6, 6.07) is 10.2.